The summed E-state index contributed by atoms with van der Waals surface area (Å²) in [5, 5.41) is 0.371. The van der Waals surface area contributed by atoms with E-state index >= 15 is 0 Å². The quantitative estimate of drug-likeness (QED) is 0.877. The van der Waals surface area contributed by atoms with Gasteiger partial charge in [0.15, 0.2) is 0 Å². The number of nitrogens with zero attached hydrogens (tertiary/aromatic N) is 2. The topological polar surface area (TPSA) is 70.1 Å². The fourth-order valence-corrected chi connectivity index (χ4v) is 1.74. The molecule has 0 saturated carbocycles. The number of rotatable bonds is 3. The van der Waals surface area contributed by atoms with E-state index in [0.717, 1.165) is 0 Å². The van der Waals surface area contributed by atoms with Crippen LogP contribution in [0.3, 0.4) is 0 Å². The fraction of sp³-hybridized carbons (Fsp3) is 0.231. The van der Waals surface area contributed by atoms with E-state index < -0.39 is 0 Å². The van der Waals surface area contributed by atoms with Crippen LogP contribution in [0.15, 0.2) is 35.4 Å². The van der Waals surface area contributed by atoms with Crippen molar-refractivity contribution in [1.82, 2.24) is 9.55 Å². The van der Waals surface area contributed by atoms with Gasteiger partial charge in [0.25, 0.3) is 5.88 Å². The molecule has 0 aliphatic carbocycles. The third-order valence-electron chi connectivity index (χ3n) is 2.55. The molecule has 1 aromatic heterocycles. The molecule has 6 heteroatoms. The van der Waals surface area contributed by atoms with Gasteiger partial charge >= 0.3 is 5.56 Å². The van der Waals surface area contributed by atoms with Gasteiger partial charge in [-0.05, 0) is 26.0 Å². The van der Waals surface area contributed by atoms with Crippen molar-refractivity contribution in [3.63, 3.8) is 0 Å². The number of nitrogens with two attached hydrogens (primary N) is 1. The third-order valence-corrected chi connectivity index (χ3v) is 2.87. The largest absolute Gasteiger partial charge is 0.433 e. The maximum atomic E-state index is 12.1. The van der Waals surface area contributed by atoms with E-state index in [-0.39, 0.29) is 17.5 Å². The Bertz CT molecular complexity index is 653. The highest BCUT2D eigenvalue weighted by Crippen LogP contribution is 2.29. The molecule has 0 atom stereocenters. The fourth-order valence-electron chi connectivity index (χ4n) is 1.59. The standard InChI is InChI=1S/C13H14ClN3O2/c1-8(2)17-6-5-16-12(13(17)18)19-11-7-9(15)3-4-10(11)14/h3-8H,15H2,1-2H3. The molecule has 1 heterocycles. The van der Waals surface area contributed by atoms with Gasteiger partial charge < -0.3 is 15.0 Å². The Morgan fingerprint density at radius 3 is 2.84 bits per heavy atom. The van der Waals surface area contributed by atoms with Gasteiger partial charge in [0.05, 0.1) is 5.02 Å². The highest BCUT2D eigenvalue weighted by molar-refractivity contribution is 6.32. The molecule has 5 nitrogen and oxygen atoms in total. The van der Waals surface area contributed by atoms with Gasteiger partial charge in [-0.15, -0.1) is 0 Å². The minimum Gasteiger partial charge on any atom is -0.433 e. The van der Waals surface area contributed by atoms with E-state index in [4.69, 9.17) is 22.1 Å². The molecule has 0 bridgehead atoms. The van der Waals surface area contributed by atoms with Crippen LogP contribution in [0.1, 0.15) is 19.9 Å². The Morgan fingerprint density at radius 2 is 2.16 bits per heavy atom. The summed E-state index contributed by atoms with van der Waals surface area (Å²) >= 11 is 5.98. The lowest BCUT2D eigenvalue weighted by atomic mass is 10.3. The maximum Gasteiger partial charge on any atom is 0.313 e. The molecule has 0 amide bonds. The van der Waals surface area contributed by atoms with Crippen molar-refractivity contribution >= 4 is 17.3 Å². The molecule has 2 N–H and O–H groups in total. The average molecular weight is 280 g/mol. The van der Waals surface area contributed by atoms with Crippen LogP contribution in [0.2, 0.25) is 5.02 Å². The summed E-state index contributed by atoms with van der Waals surface area (Å²) in [4.78, 5) is 16.0. The number of halogens is 1. The molecule has 0 fully saturated rings. The molecule has 0 aliphatic heterocycles. The maximum absolute atomic E-state index is 12.1. The summed E-state index contributed by atoms with van der Waals surface area (Å²) in [6.07, 6.45) is 3.12. The number of hydrogen-bond acceptors (Lipinski definition) is 4. The summed E-state index contributed by atoms with van der Waals surface area (Å²) in [6, 6.07) is 4.83. The van der Waals surface area contributed by atoms with Crippen LogP contribution >= 0.6 is 11.6 Å². The van der Waals surface area contributed by atoms with Crippen LogP contribution in [0.25, 0.3) is 0 Å². The van der Waals surface area contributed by atoms with Crippen molar-refractivity contribution in [3.05, 3.63) is 46.0 Å². The number of hydrogen-bond donors (Lipinski definition) is 1. The van der Waals surface area contributed by atoms with Gasteiger partial charge in [-0.25, -0.2) is 4.98 Å². The van der Waals surface area contributed by atoms with E-state index in [2.05, 4.69) is 4.98 Å². The smallest absolute Gasteiger partial charge is 0.313 e. The molecule has 2 aromatic rings. The van der Waals surface area contributed by atoms with E-state index in [9.17, 15) is 4.79 Å². The monoisotopic (exact) mass is 279 g/mol. The lowest BCUT2D eigenvalue weighted by Gasteiger charge is -2.11. The summed E-state index contributed by atoms with van der Waals surface area (Å²) in [6.45, 7) is 3.80. The highest BCUT2D eigenvalue weighted by atomic mass is 35.5. The van der Waals surface area contributed by atoms with Crippen molar-refractivity contribution in [3.8, 4) is 11.6 Å². The molecule has 0 spiro atoms. The van der Waals surface area contributed by atoms with Gasteiger partial charge in [0, 0.05) is 30.2 Å². The number of anilines is 1. The second kappa shape index (κ2) is 5.32. The van der Waals surface area contributed by atoms with Gasteiger partial charge in [0.1, 0.15) is 5.75 Å². The van der Waals surface area contributed by atoms with E-state index in [0.29, 0.717) is 16.5 Å². The summed E-state index contributed by atoms with van der Waals surface area (Å²) in [7, 11) is 0. The number of nitrogen functional groups attached to an aromatic ring is 1. The molecule has 100 valence electrons. The lowest BCUT2D eigenvalue weighted by Crippen LogP contribution is -2.23. The van der Waals surface area contributed by atoms with Crippen LogP contribution in [-0.4, -0.2) is 9.55 Å². The van der Waals surface area contributed by atoms with E-state index in [1.165, 1.54) is 10.8 Å². The normalized spacial score (nSPS) is 10.7. The van der Waals surface area contributed by atoms with Gasteiger partial charge in [-0.1, -0.05) is 11.6 Å². The first-order valence-electron chi connectivity index (χ1n) is 5.79. The summed E-state index contributed by atoms with van der Waals surface area (Å²) < 4.78 is 6.99. The molecule has 0 saturated heterocycles. The molecule has 2 rings (SSSR count). The Balaban J connectivity index is 2.42. The zero-order valence-electron chi connectivity index (χ0n) is 10.6. The van der Waals surface area contributed by atoms with Crippen LogP contribution in [0.5, 0.6) is 11.6 Å². The summed E-state index contributed by atoms with van der Waals surface area (Å²) in [5.41, 5.74) is 5.85. The zero-order valence-corrected chi connectivity index (χ0v) is 11.4. The summed E-state index contributed by atoms with van der Waals surface area (Å²) in [5.74, 6) is 0.288. The minimum atomic E-state index is -0.309. The van der Waals surface area contributed by atoms with Gasteiger partial charge in [-0.3, -0.25) is 4.79 Å². The predicted molar refractivity (Wildman–Crippen MR) is 74.8 cm³/mol. The third kappa shape index (κ3) is 2.88. The number of ether oxygens (including phenoxy) is 1. The zero-order chi connectivity index (χ0) is 14.0. The second-order valence-electron chi connectivity index (χ2n) is 4.33. The Labute approximate surface area is 115 Å². The SMILES string of the molecule is CC(C)n1ccnc(Oc2cc(N)ccc2Cl)c1=O. The van der Waals surface area contributed by atoms with Crippen LogP contribution in [0.4, 0.5) is 5.69 Å². The van der Waals surface area contributed by atoms with Crippen molar-refractivity contribution < 1.29 is 4.74 Å². The first-order chi connectivity index (χ1) is 8.99. The first kappa shape index (κ1) is 13.4. The second-order valence-corrected chi connectivity index (χ2v) is 4.74. The van der Waals surface area contributed by atoms with E-state index in [1.54, 1.807) is 24.4 Å². The Morgan fingerprint density at radius 1 is 1.42 bits per heavy atom. The molecule has 0 radical (unpaired) electrons. The number of aromatic nitrogens is 2. The van der Waals surface area contributed by atoms with Crippen molar-refractivity contribution in [2.24, 2.45) is 0 Å². The molecular weight excluding hydrogens is 266 g/mol. The average Bonchev–Trinajstić information content (AvgIpc) is 2.36. The minimum absolute atomic E-state index is 0.0224. The molecule has 0 unspecified atom stereocenters. The predicted octanol–water partition coefficient (Wildman–Crippen LogP) is 2.85. The van der Waals surface area contributed by atoms with Crippen molar-refractivity contribution in [2.45, 2.75) is 19.9 Å². The highest BCUT2D eigenvalue weighted by Gasteiger charge is 2.11. The van der Waals surface area contributed by atoms with Crippen LogP contribution in [-0.2, 0) is 0 Å². The molecule has 1 aromatic carbocycles. The molecule has 19 heavy (non-hydrogen) atoms. The van der Waals surface area contributed by atoms with Crippen LogP contribution in [0, 0.1) is 0 Å². The van der Waals surface area contributed by atoms with Crippen molar-refractivity contribution in [1.29, 1.82) is 0 Å². The number of benzene rings is 1. The Kier molecular flexibility index (Phi) is 3.76. The van der Waals surface area contributed by atoms with E-state index in [1.807, 2.05) is 13.8 Å². The van der Waals surface area contributed by atoms with Crippen molar-refractivity contribution in [2.75, 3.05) is 5.73 Å². The first-order valence-corrected chi connectivity index (χ1v) is 6.17. The van der Waals surface area contributed by atoms with Crippen LogP contribution < -0.4 is 16.0 Å². The molecular formula is C13H14ClN3O2. The lowest BCUT2D eigenvalue weighted by molar-refractivity contribution is 0.437. The van der Waals surface area contributed by atoms with Gasteiger partial charge in [-0.2, -0.15) is 0 Å². The van der Waals surface area contributed by atoms with Gasteiger partial charge in [0.2, 0.25) is 0 Å². The Hall–Kier alpha value is -2.01. The molecule has 0 aliphatic rings.